The molecule has 0 saturated heterocycles. The summed E-state index contributed by atoms with van der Waals surface area (Å²) in [7, 11) is 0. The minimum Gasteiger partial charge on any atom is -0.375 e. The molecule has 0 fully saturated rings. The predicted molar refractivity (Wildman–Crippen MR) is 91.9 cm³/mol. The Balaban J connectivity index is 4.08. The molecule has 0 aromatic heterocycles. The van der Waals surface area contributed by atoms with Crippen molar-refractivity contribution in [1.29, 1.82) is 0 Å². The number of hydrogen-bond acceptors (Lipinski definition) is 3. The summed E-state index contributed by atoms with van der Waals surface area (Å²) in [5, 5.41) is 3.44. The normalized spacial score (nSPS) is 15.7. The highest BCUT2D eigenvalue weighted by Gasteiger charge is 2.25. The Labute approximate surface area is 133 Å². The molecule has 0 bridgehead atoms. The second-order valence-electron chi connectivity index (χ2n) is 7.73. The van der Waals surface area contributed by atoms with Gasteiger partial charge >= 0.3 is 0 Å². The van der Waals surface area contributed by atoms with E-state index in [0.717, 1.165) is 39.0 Å². The lowest BCUT2D eigenvalue weighted by Gasteiger charge is -2.32. The molecule has 3 nitrogen and oxygen atoms in total. The molecule has 0 aliphatic carbocycles. The summed E-state index contributed by atoms with van der Waals surface area (Å²) in [6.07, 6.45) is 3.10. The molecule has 0 radical (unpaired) electrons. The third-order valence-corrected chi connectivity index (χ3v) is 3.95. The van der Waals surface area contributed by atoms with Gasteiger partial charge in [0.2, 0.25) is 0 Å². The summed E-state index contributed by atoms with van der Waals surface area (Å²) < 4.78 is 12.2. The van der Waals surface area contributed by atoms with Gasteiger partial charge in [-0.3, -0.25) is 0 Å². The molecule has 1 N–H and O–H groups in total. The van der Waals surface area contributed by atoms with Crippen molar-refractivity contribution in [1.82, 2.24) is 5.32 Å². The topological polar surface area (TPSA) is 30.5 Å². The molecular weight excluding hydrogens is 262 g/mol. The van der Waals surface area contributed by atoms with E-state index >= 15 is 0 Å². The van der Waals surface area contributed by atoms with Crippen LogP contribution in [0, 0.1) is 5.92 Å². The minimum absolute atomic E-state index is 0.0591. The fraction of sp³-hybridized carbons (Fsp3) is 1.00. The SMILES string of the molecule is CCC(C)(CCOC(C)(C)CNC(C)C)OCCC(C)C. The van der Waals surface area contributed by atoms with Crippen molar-refractivity contribution in [2.45, 2.75) is 91.9 Å². The highest BCUT2D eigenvalue weighted by molar-refractivity contribution is 4.77. The van der Waals surface area contributed by atoms with E-state index in [1.54, 1.807) is 0 Å². The van der Waals surface area contributed by atoms with E-state index in [1.807, 2.05) is 0 Å². The molecule has 0 aliphatic rings. The van der Waals surface area contributed by atoms with E-state index in [1.165, 1.54) is 0 Å². The minimum atomic E-state index is -0.128. The smallest absolute Gasteiger partial charge is 0.0750 e. The Morgan fingerprint density at radius 2 is 1.57 bits per heavy atom. The molecule has 0 heterocycles. The van der Waals surface area contributed by atoms with Crippen LogP contribution in [0.25, 0.3) is 0 Å². The van der Waals surface area contributed by atoms with Crippen LogP contribution < -0.4 is 5.32 Å². The zero-order valence-electron chi connectivity index (χ0n) is 15.7. The van der Waals surface area contributed by atoms with E-state index < -0.39 is 0 Å². The second-order valence-corrected chi connectivity index (χ2v) is 7.73. The van der Waals surface area contributed by atoms with Gasteiger partial charge in [0, 0.05) is 19.2 Å². The third kappa shape index (κ3) is 11.1. The zero-order valence-corrected chi connectivity index (χ0v) is 15.7. The van der Waals surface area contributed by atoms with Crippen LogP contribution in [-0.4, -0.2) is 37.0 Å². The summed E-state index contributed by atoms with van der Waals surface area (Å²) in [5.74, 6) is 0.698. The molecule has 0 aromatic carbocycles. The lowest BCUT2D eigenvalue weighted by molar-refractivity contribution is -0.0831. The first kappa shape index (κ1) is 20.9. The van der Waals surface area contributed by atoms with Gasteiger partial charge in [-0.15, -0.1) is 0 Å². The second kappa shape index (κ2) is 9.81. The first-order valence-corrected chi connectivity index (χ1v) is 8.61. The molecule has 21 heavy (non-hydrogen) atoms. The van der Waals surface area contributed by atoms with Crippen molar-refractivity contribution in [3.63, 3.8) is 0 Å². The number of hydrogen-bond donors (Lipinski definition) is 1. The Kier molecular flexibility index (Phi) is 9.75. The first-order valence-electron chi connectivity index (χ1n) is 8.61. The third-order valence-electron chi connectivity index (χ3n) is 3.95. The van der Waals surface area contributed by atoms with Crippen LogP contribution in [0.15, 0.2) is 0 Å². The van der Waals surface area contributed by atoms with Crippen LogP contribution in [0.4, 0.5) is 0 Å². The van der Waals surface area contributed by atoms with Crippen molar-refractivity contribution in [2.75, 3.05) is 19.8 Å². The van der Waals surface area contributed by atoms with Crippen LogP contribution >= 0.6 is 0 Å². The maximum atomic E-state index is 6.11. The van der Waals surface area contributed by atoms with Gasteiger partial charge in [0.1, 0.15) is 0 Å². The summed E-state index contributed by atoms with van der Waals surface area (Å²) in [4.78, 5) is 0. The Bertz CT molecular complexity index is 264. The van der Waals surface area contributed by atoms with Crippen molar-refractivity contribution in [2.24, 2.45) is 5.92 Å². The molecule has 1 atom stereocenters. The first-order chi connectivity index (χ1) is 9.60. The average molecular weight is 302 g/mol. The Hall–Kier alpha value is -0.120. The molecule has 128 valence electrons. The van der Waals surface area contributed by atoms with Gasteiger partial charge in [0.05, 0.1) is 17.8 Å². The monoisotopic (exact) mass is 301 g/mol. The van der Waals surface area contributed by atoms with E-state index in [0.29, 0.717) is 12.0 Å². The number of ether oxygens (including phenoxy) is 2. The predicted octanol–water partition coefficient (Wildman–Crippen LogP) is 4.40. The van der Waals surface area contributed by atoms with Gasteiger partial charge in [-0.25, -0.2) is 0 Å². The fourth-order valence-corrected chi connectivity index (χ4v) is 1.94. The number of rotatable bonds is 12. The van der Waals surface area contributed by atoms with Crippen LogP contribution in [0.1, 0.15) is 74.7 Å². The lowest BCUT2D eigenvalue weighted by atomic mass is 9.99. The van der Waals surface area contributed by atoms with Crippen molar-refractivity contribution >= 4 is 0 Å². The van der Waals surface area contributed by atoms with Crippen molar-refractivity contribution in [3.8, 4) is 0 Å². The summed E-state index contributed by atoms with van der Waals surface area (Å²) in [6, 6.07) is 0.494. The van der Waals surface area contributed by atoms with E-state index in [9.17, 15) is 0 Å². The van der Waals surface area contributed by atoms with E-state index in [2.05, 4.69) is 60.7 Å². The maximum Gasteiger partial charge on any atom is 0.0750 e. The van der Waals surface area contributed by atoms with E-state index in [4.69, 9.17) is 9.47 Å². The number of nitrogens with one attached hydrogen (secondary N) is 1. The average Bonchev–Trinajstić information content (AvgIpc) is 2.36. The molecule has 0 spiro atoms. The zero-order chi connectivity index (χ0) is 16.5. The summed E-state index contributed by atoms with van der Waals surface area (Å²) >= 11 is 0. The molecule has 1 unspecified atom stereocenters. The molecule has 0 aliphatic heterocycles. The van der Waals surface area contributed by atoms with Crippen LogP contribution in [0.2, 0.25) is 0 Å². The lowest BCUT2D eigenvalue weighted by Crippen LogP contribution is -2.41. The van der Waals surface area contributed by atoms with Gasteiger partial charge in [-0.05, 0) is 46.0 Å². The largest absolute Gasteiger partial charge is 0.375 e. The highest BCUT2D eigenvalue weighted by Crippen LogP contribution is 2.22. The van der Waals surface area contributed by atoms with Crippen LogP contribution in [0.5, 0.6) is 0 Å². The highest BCUT2D eigenvalue weighted by atomic mass is 16.5. The molecule has 0 saturated carbocycles. The quantitative estimate of drug-likeness (QED) is 0.579. The van der Waals surface area contributed by atoms with E-state index in [-0.39, 0.29) is 11.2 Å². The van der Waals surface area contributed by atoms with Crippen molar-refractivity contribution < 1.29 is 9.47 Å². The molecular formula is C18H39NO2. The van der Waals surface area contributed by atoms with Crippen molar-refractivity contribution in [3.05, 3.63) is 0 Å². The van der Waals surface area contributed by atoms with Gasteiger partial charge in [-0.1, -0.05) is 34.6 Å². The summed E-state index contributed by atoms with van der Waals surface area (Å²) in [6.45, 7) is 20.0. The molecule has 0 rings (SSSR count). The maximum absolute atomic E-state index is 6.11. The van der Waals surface area contributed by atoms with Gasteiger partial charge < -0.3 is 14.8 Å². The Morgan fingerprint density at radius 1 is 0.952 bits per heavy atom. The van der Waals surface area contributed by atoms with Gasteiger partial charge in [-0.2, -0.15) is 0 Å². The van der Waals surface area contributed by atoms with Gasteiger partial charge in [0.15, 0.2) is 0 Å². The standard InChI is InChI=1S/C18H39NO2/c1-9-18(8,21-12-10-15(2)3)11-13-20-17(6,7)14-19-16(4)5/h15-16,19H,9-14H2,1-8H3. The molecule has 0 aromatic rings. The molecule has 0 amide bonds. The fourth-order valence-electron chi connectivity index (χ4n) is 1.94. The van der Waals surface area contributed by atoms with Gasteiger partial charge in [0.25, 0.3) is 0 Å². The molecule has 3 heteroatoms. The summed E-state index contributed by atoms with van der Waals surface area (Å²) in [5.41, 5.74) is -0.187. The Morgan fingerprint density at radius 3 is 2.05 bits per heavy atom. The van der Waals surface area contributed by atoms with Crippen LogP contribution in [-0.2, 0) is 9.47 Å². The van der Waals surface area contributed by atoms with Crippen LogP contribution in [0.3, 0.4) is 0 Å².